The van der Waals surface area contributed by atoms with Crippen LogP contribution in [0, 0.1) is 0 Å². The summed E-state index contributed by atoms with van der Waals surface area (Å²) in [6, 6.07) is 8.35. The summed E-state index contributed by atoms with van der Waals surface area (Å²) in [5.74, 6) is 0.857. The zero-order chi connectivity index (χ0) is 17.8. The van der Waals surface area contributed by atoms with E-state index in [-0.39, 0.29) is 12.1 Å². The van der Waals surface area contributed by atoms with Crippen molar-refractivity contribution in [2.45, 2.75) is 38.3 Å². The molecule has 0 bridgehead atoms. The van der Waals surface area contributed by atoms with Crippen LogP contribution in [-0.2, 0) is 19.4 Å². The molecule has 3 N–H and O–H groups in total. The molecule has 130 valence electrons. The summed E-state index contributed by atoms with van der Waals surface area (Å²) in [5.41, 5.74) is 12.6. The number of rotatable bonds is 5. The molecule has 0 fully saturated rings. The Balaban J connectivity index is 2.06. The molecule has 0 aliphatic heterocycles. The van der Waals surface area contributed by atoms with E-state index >= 15 is 0 Å². The van der Waals surface area contributed by atoms with Gasteiger partial charge in [-0.2, -0.15) is 0 Å². The van der Waals surface area contributed by atoms with E-state index in [1.807, 2.05) is 25.1 Å². The summed E-state index contributed by atoms with van der Waals surface area (Å²) in [7, 11) is 0. The number of benzene rings is 1. The molecule has 0 radical (unpaired) electrons. The second-order valence-corrected chi connectivity index (χ2v) is 7.29. The lowest BCUT2D eigenvalue weighted by molar-refractivity contribution is 0.855. The first-order valence-corrected chi connectivity index (χ1v) is 9.62. The minimum absolute atomic E-state index is 0.0597. The van der Waals surface area contributed by atoms with Gasteiger partial charge in [0, 0.05) is 17.9 Å². The van der Waals surface area contributed by atoms with Crippen molar-refractivity contribution in [1.82, 2.24) is 4.98 Å². The van der Waals surface area contributed by atoms with Crippen molar-refractivity contribution in [1.29, 1.82) is 0 Å². The second kappa shape index (κ2) is 7.89. The van der Waals surface area contributed by atoms with Gasteiger partial charge in [-0.3, -0.25) is 4.79 Å². The molecule has 3 nitrogen and oxygen atoms in total. The van der Waals surface area contributed by atoms with E-state index in [1.54, 1.807) is 11.8 Å². The van der Waals surface area contributed by atoms with Gasteiger partial charge in [0.25, 0.3) is 5.56 Å². The SMILES string of the molecule is C/C=C\C=C(/C)CSc1[nH]c(=O)c(CN)c2c1CCc1ccccc1-2. The van der Waals surface area contributed by atoms with Crippen molar-refractivity contribution in [3.8, 4) is 11.1 Å². The van der Waals surface area contributed by atoms with Gasteiger partial charge in [0.15, 0.2) is 0 Å². The molecule has 1 aromatic carbocycles. The molecule has 1 aliphatic rings. The van der Waals surface area contributed by atoms with Crippen molar-refractivity contribution in [3.63, 3.8) is 0 Å². The molecule has 0 saturated heterocycles. The lowest BCUT2D eigenvalue weighted by atomic mass is 9.84. The highest BCUT2D eigenvalue weighted by Crippen LogP contribution is 2.38. The summed E-state index contributed by atoms with van der Waals surface area (Å²) in [4.78, 5) is 15.7. The molecule has 25 heavy (non-hydrogen) atoms. The van der Waals surface area contributed by atoms with Crippen molar-refractivity contribution >= 4 is 11.8 Å². The van der Waals surface area contributed by atoms with Gasteiger partial charge in [-0.15, -0.1) is 11.8 Å². The first kappa shape index (κ1) is 17.8. The third kappa shape index (κ3) is 3.65. The standard InChI is InChI=1S/C21H24N2OS/c1-3-4-7-14(2)13-25-21-17-11-10-15-8-5-6-9-16(15)19(17)18(12-22)20(24)23-21/h3-9H,10-13,22H2,1-2H3,(H,23,24)/b4-3-,14-7+. The van der Waals surface area contributed by atoms with E-state index in [4.69, 9.17) is 5.73 Å². The maximum absolute atomic E-state index is 12.6. The Morgan fingerprint density at radius 3 is 2.88 bits per heavy atom. The van der Waals surface area contributed by atoms with Crippen LogP contribution >= 0.6 is 11.8 Å². The van der Waals surface area contributed by atoms with Gasteiger partial charge in [-0.25, -0.2) is 0 Å². The van der Waals surface area contributed by atoms with Gasteiger partial charge < -0.3 is 10.7 Å². The fourth-order valence-corrected chi connectivity index (χ4v) is 4.29. The molecule has 0 spiro atoms. The Kier molecular flexibility index (Phi) is 5.61. The van der Waals surface area contributed by atoms with Gasteiger partial charge in [0.2, 0.25) is 0 Å². The normalized spacial score (nSPS) is 13.8. The number of aromatic nitrogens is 1. The molecule has 0 amide bonds. The van der Waals surface area contributed by atoms with Crippen LogP contribution in [0.4, 0.5) is 0 Å². The number of fused-ring (bicyclic) bond motifs is 3. The van der Waals surface area contributed by atoms with E-state index in [0.717, 1.165) is 29.2 Å². The summed E-state index contributed by atoms with van der Waals surface area (Å²) in [6.45, 7) is 4.38. The van der Waals surface area contributed by atoms with Crippen LogP contribution in [0.25, 0.3) is 11.1 Å². The average molecular weight is 353 g/mol. The monoisotopic (exact) mass is 352 g/mol. The van der Waals surface area contributed by atoms with Crippen LogP contribution in [0.3, 0.4) is 0 Å². The topological polar surface area (TPSA) is 58.9 Å². The van der Waals surface area contributed by atoms with Crippen LogP contribution in [0.15, 0.2) is 57.9 Å². The molecule has 2 aromatic rings. The summed E-state index contributed by atoms with van der Waals surface area (Å²) in [5, 5.41) is 0.986. The van der Waals surface area contributed by atoms with Crippen molar-refractivity contribution in [2.24, 2.45) is 5.73 Å². The average Bonchev–Trinajstić information content (AvgIpc) is 2.64. The fourth-order valence-electron chi connectivity index (χ4n) is 3.28. The fraction of sp³-hybridized carbons (Fsp3) is 0.286. The van der Waals surface area contributed by atoms with E-state index in [0.29, 0.717) is 5.56 Å². The number of aromatic amines is 1. The molecule has 1 aromatic heterocycles. The number of H-pyrrole nitrogens is 1. The van der Waals surface area contributed by atoms with Crippen LogP contribution in [-0.4, -0.2) is 10.7 Å². The van der Waals surface area contributed by atoms with Crippen molar-refractivity contribution in [2.75, 3.05) is 5.75 Å². The first-order chi connectivity index (χ1) is 12.2. The second-order valence-electron chi connectivity index (χ2n) is 6.30. The van der Waals surface area contributed by atoms with Gasteiger partial charge in [-0.1, -0.05) is 48.1 Å². The van der Waals surface area contributed by atoms with Crippen LogP contribution in [0.1, 0.15) is 30.5 Å². The van der Waals surface area contributed by atoms with Crippen LogP contribution < -0.4 is 11.3 Å². The Morgan fingerprint density at radius 1 is 1.32 bits per heavy atom. The van der Waals surface area contributed by atoms with Gasteiger partial charge in [0.1, 0.15) is 0 Å². The number of allylic oxidation sites excluding steroid dienone is 3. The highest BCUT2D eigenvalue weighted by molar-refractivity contribution is 7.99. The maximum atomic E-state index is 12.6. The molecule has 0 saturated carbocycles. The smallest absolute Gasteiger partial charge is 0.253 e. The third-order valence-corrected chi connectivity index (χ3v) is 5.77. The van der Waals surface area contributed by atoms with Crippen molar-refractivity contribution in [3.05, 3.63) is 75.1 Å². The Bertz CT molecular complexity index is 893. The predicted molar refractivity (Wildman–Crippen MR) is 107 cm³/mol. The molecule has 1 heterocycles. The zero-order valence-electron chi connectivity index (χ0n) is 14.8. The molecular formula is C21H24N2OS. The highest BCUT2D eigenvalue weighted by atomic mass is 32.2. The lowest BCUT2D eigenvalue weighted by Crippen LogP contribution is -2.22. The van der Waals surface area contributed by atoms with Crippen LogP contribution in [0.2, 0.25) is 0 Å². The molecular weight excluding hydrogens is 328 g/mol. The highest BCUT2D eigenvalue weighted by Gasteiger charge is 2.23. The number of aryl methyl sites for hydroxylation is 1. The van der Waals surface area contributed by atoms with E-state index in [1.165, 1.54) is 22.3 Å². The molecule has 3 rings (SSSR count). The minimum Gasteiger partial charge on any atom is -0.326 e. The predicted octanol–water partition coefficient (Wildman–Crippen LogP) is 4.21. The van der Waals surface area contributed by atoms with Gasteiger partial charge >= 0.3 is 0 Å². The number of pyridine rings is 1. The van der Waals surface area contributed by atoms with Gasteiger partial charge in [0.05, 0.1) is 5.03 Å². The molecule has 0 atom stereocenters. The molecule has 1 aliphatic carbocycles. The first-order valence-electron chi connectivity index (χ1n) is 8.63. The summed E-state index contributed by atoms with van der Waals surface area (Å²) in [6.07, 6.45) is 8.12. The lowest BCUT2D eigenvalue weighted by Gasteiger charge is -2.24. The maximum Gasteiger partial charge on any atom is 0.253 e. The Hall–Kier alpha value is -2.04. The van der Waals surface area contributed by atoms with Gasteiger partial charge in [-0.05, 0) is 48.9 Å². The molecule has 4 heteroatoms. The van der Waals surface area contributed by atoms with E-state index in [9.17, 15) is 4.79 Å². The Morgan fingerprint density at radius 2 is 2.12 bits per heavy atom. The number of nitrogens with two attached hydrogens (primary N) is 1. The Labute approximate surface area is 153 Å². The third-order valence-electron chi connectivity index (χ3n) is 4.53. The number of hydrogen-bond donors (Lipinski definition) is 2. The quantitative estimate of drug-likeness (QED) is 0.626. The summed E-state index contributed by atoms with van der Waals surface area (Å²) < 4.78 is 0. The minimum atomic E-state index is -0.0597. The molecule has 0 unspecified atom stereocenters. The van der Waals surface area contributed by atoms with E-state index < -0.39 is 0 Å². The number of thioether (sulfide) groups is 1. The van der Waals surface area contributed by atoms with Crippen LogP contribution in [0.5, 0.6) is 0 Å². The summed E-state index contributed by atoms with van der Waals surface area (Å²) >= 11 is 1.70. The van der Waals surface area contributed by atoms with E-state index in [2.05, 4.69) is 36.2 Å². The number of nitrogens with one attached hydrogen (secondary N) is 1. The van der Waals surface area contributed by atoms with Crippen molar-refractivity contribution < 1.29 is 0 Å². The zero-order valence-corrected chi connectivity index (χ0v) is 15.6. The number of hydrogen-bond acceptors (Lipinski definition) is 3. The largest absolute Gasteiger partial charge is 0.326 e.